The molecule has 0 rings (SSSR count). The lowest BCUT2D eigenvalue weighted by Crippen LogP contribution is -1.89. The predicted molar refractivity (Wildman–Crippen MR) is 84.2 cm³/mol. The molecule has 0 heterocycles. The van der Waals surface area contributed by atoms with Gasteiger partial charge in [-0.05, 0) is 0 Å². The maximum Gasteiger partial charge on any atom is 0.394 e. The van der Waals surface area contributed by atoms with Gasteiger partial charge in [0.2, 0.25) is 0 Å². The summed E-state index contributed by atoms with van der Waals surface area (Å²) >= 11 is 0. The quantitative estimate of drug-likeness (QED) is 0.308. The standard InChI is InChI=1S/H3N.H2O4S.18H2O/c;1-5(2,3)4;;;;;;;;;;;;;;;;;;/h1H3;(H2,1,2,3,4);18*1H2. The third kappa shape index (κ3) is 10800. The van der Waals surface area contributed by atoms with Crippen LogP contribution in [0.15, 0.2) is 0 Å². The van der Waals surface area contributed by atoms with Crippen molar-refractivity contribution in [2.75, 3.05) is 0 Å². The topological polar surface area (TPSA) is 677 Å². The molecule has 0 bridgehead atoms. The van der Waals surface area contributed by atoms with Crippen LogP contribution in [0, 0.1) is 0 Å². The molecule has 0 aliphatic rings. The summed E-state index contributed by atoms with van der Waals surface area (Å²) in [5, 5.41) is 0. The summed E-state index contributed by atoms with van der Waals surface area (Å²) in [6, 6.07) is 0. The maximum absolute atomic E-state index is 8.74. The highest BCUT2D eigenvalue weighted by molar-refractivity contribution is 7.79. The van der Waals surface area contributed by atoms with Gasteiger partial charge in [0, 0.05) is 0 Å². The van der Waals surface area contributed by atoms with Crippen LogP contribution in [0.5, 0.6) is 0 Å². The Kier molecular flexibility index (Phi) is 18400. The Morgan fingerprint density at radius 3 is 0.333 bits per heavy atom. The number of hydrogen-bond donors (Lipinski definition) is 3. The summed E-state index contributed by atoms with van der Waals surface area (Å²) in [4.78, 5) is 0. The second-order valence-electron chi connectivity index (χ2n) is 0.448. The van der Waals surface area contributed by atoms with Crippen molar-refractivity contribution in [3.63, 3.8) is 0 Å². The SMILES string of the molecule is N.O.O.O.O.O.O.O.O.O.O.O.O.O.O.O.O.O.O.O=S(=O)(O)O. The van der Waals surface area contributed by atoms with Crippen LogP contribution in [-0.4, -0.2) is 116 Å². The van der Waals surface area contributed by atoms with Gasteiger partial charge in [-0.15, -0.1) is 0 Å². The lowest BCUT2D eigenvalue weighted by Gasteiger charge is -1.68. The molecule has 0 fully saturated rings. The molecule has 0 radical (unpaired) electrons. The molecule has 0 atom stereocenters. The second kappa shape index (κ2) is 377. The fourth-order valence-corrected chi connectivity index (χ4v) is 0. The highest BCUT2D eigenvalue weighted by Gasteiger charge is 1.84. The Balaban J connectivity index is -0.000000000468. The van der Waals surface area contributed by atoms with E-state index in [-0.39, 0.29) is 105 Å². The molecule has 0 spiro atoms. The van der Waals surface area contributed by atoms with E-state index in [1.807, 2.05) is 0 Å². The average Bonchev–Trinajstić information content (AvgIpc) is 0.722. The second-order valence-corrected chi connectivity index (χ2v) is 1.34. The van der Waals surface area contributed by atoms with Crippen molar-refractivity contribution < 1.29 is 116 Å². The van der Waals surface area contributed by atoms with Gasteiger partial charge >= 0.3 is 10.4 Å². The van der Waals surface area contributed by atoms with Crippen molar-refractivity contribution in [2.45, 2.75) is 0 Å². The van der Waals surface area contributed by atoms with Gasteiger partial charge in [0.25, 0.3) is 0 Å². The van der Waals surface area contributed by atoms with Gasteiger partial charge in [0.1, 0.15) is 0 Å². The largest absolute Gasteiger partial charge is 0.412 e. The highest BCUT2D eigenvalue weighted by Crippen LogP contribution is 1.59. The van der Waals surface area contributed by atoms with Crippen LogP contribution in [-0.2, 0) is 10.4 Å². The van der Waals surface area contributed by atoms with E-state index in [1.54, 1.807) is 0 Å². The average molecular weight is 439 g/mol. The fraction of sp³-hybridized carbons (Fsp3) is 0. The molecule has 0 amide bonds. The zero-order valence-corrected chi connectivity index (χ0v) is 12.6. The fourth-order valence-electron chi connectivity index (χ4n) is 0. The molecule has 24 heavy (non-hydrogen) atoms. The zero-order valence-electron chi connectivity index (χ0n) is 11.8. The van der Waals surface area contributed by atoms with Crippen molar-refractivity contribution in [3.05, 3.63) is 0 Å². The molecule has 0 aromatic rings. The van der Waals surface area contributed by atoms with Crippen molar-refractivity contribution in [1.82, 2.24) is 6.15 Å². The van der Waals surface area contributed by atoms with Gasteiger partial charge < -0.3 is 105 Å². The van der Waals surface area contributed by atoms with E-state index in [2.05, 4.69) is 0 Å². The van der Waals surface area contributed by atoms with E-state index in [0.29, 0.717) is 0 Å². The third-order valence-corrected chi connectivity index (χ3v) is 0. The predicted octanol–water partition coefficient (Wildman–Crippen LogP) is -15.3. The first-order valence-electron chi connectivity index (χ1n) is 0.698. The van der Waals surface area contributed by atoms with Gasteiger partial charge in [-0.3, -0.25) is 9.11 Å². The van der Waals surface area contributed by atoms with Crippen LogP contribution in [0.4, 0.5) is 0 Å². The molecule has 0 aliphatic heterocycles. The molecule has 24 heteroatoms. The Bertz CT molecular complexity index is 95.1. The molecule has 0 aliphatic carbocycles. The van der Waals surface area contributed by atoms with Gasteiger partial charge in [0.15, 0.2) is 0 Å². The molecule has 0 aromatic heterocycles. The summed E-state index contributed by atoms with van der Waals surface area (Å²) in [5.74, 6) is 0. The normalized spacial score (nSPS) is 2.42. The molecule has 0 unspecified atom stereocenters. The third-order valence-electron chi connectivity index (χ3n) is 0. The maximum atomic E-state index is 8.74. The summed E-state index contributed by atoms with van der Waals surface area (Å²) in [7, 11) is -4.67. The molecular weight excluding hydrogens is 398 g/mol. The van der Waals surface area contributed by atoms with E-state index in [1.165, 1.54) is 0 Å². The molecular formula is H41NO22S. The highest BCUT2D eigenvalue weighted by atomic mass is 32.3. The van der Waals surface area contributed by atoms with Crippen LogP contribution in [0.1, 0.15) is 0 Å². The Morgan fingerprint density at radius 1 is 0.333 bits per heavy atom. The van der Waals surface area contributed by atoms with Gasteiger partial charge in [-0.2, -0.15) is 8.42 Å². The summed E-state index contributed by atoms with van der Waals surface area (Å²) in [6.07, 6.45) is 0. The molecule has 41 N–H and O–H groups in total. The summed E-state index contributed by atoms with van der Waals surface area (Å²) in [5.41, 5.74) is 0. The molecule has 0 saturated heterocycles. The van der Waals surface area contributed by atoms with E-state index in [9.17, 15) is 0 Å². The van der Waals surface area contributed by atoms with E-state index >= 15 is 0 Å². The molecule has 0 saturated carbocycles. The van der Waals surface area contributed by atoms with E-state index < -0.39 is 10.4 Å². The van der Waals surface area contributed by atoms with Crippen molar-refractivity contribution in [3.8, 4) is 0 Å². The van der Waals surface area contributed by atoms with E-state index in [4.69, 9.17) is 17.5 Å². The van der Waals surface area contributed by atoms with Crippen LogP contribution in [0.25, 0.3) is 0 Å². The van der Waals surface area contributed by atoms with Crippen molar-refractivity contribution in [1.29, 1.82) is 0 Å². The first-order valence-corrected chi connectivity index (χ1v) is 2.10. The lowest BCUT2D eigenvalue weighted by molar-refractivity contribution is 0.380. The van der Waals surface area contributed by atoms with Crippen LogP contribution >= 0.6 is 0 Å². The van der Waals surface area contributed by atoms with Crippen LogP contribution < -0.4 is 6.15 Å². The summed E-state index contributed by atoms with van der Waals surface area (Å²) < 4.78 is 31.6. The first kappa shape index (κ1) is 1170. The Morgan fingerprint density at radius 2 is 0.333 bits per heavy atom. The monoisotopic (exact) mass is 439 g/mol. The minimum Gasteiger partial charge on any atom is -0.412 e. The molecule has 0 aromatic carbocycles. The minimum absolute atomic E-state index is 0. The smallest absolute Gasteiger partial charge is 0.394 e. The minimum atomic E-state index is -4.67. The molecule has 184 valence electrons. The Labute approximate surface area is 134 Å². The Hall–Kier alpha value is -0.890. The van der Waals surface area contributed by atoms with Gasteiger partial charge in [-0.25, -0.2) is 0 Å². The van der Waals surface area contributed by atoms with E-state index in [0.717, 1.165) is 0 Å². The van der Waals surface area contributed by atoms with Gasteiger partial charge in [0.05, 0.1) is 0 Å². The summed E-state index contributed by atoms with van der Waals surface area (Å²) in [6.45, 7) is 0. The first-order chi connectivity index (χ1) is 2.00. The lowest BCUT2D eigenvalue weighted by atomic mass is 14.0. The van der Waals surface area contributed by atoms with Gasteiger partial charge in [-0.1, -0.05) is 0 Å². The number of rotatable bonds is 0. The van der Waals surface area contributed by atoms with Crippen LogP contribution in [0.2, 0.25) is 0 Å². The zero-order chi connectivity index (χ0) is 4.50. The van der Waals surface area contributed by atoms with Crippen molar-refractivity contribution >= 4 is 10.4 Å². The molecule has 23 nitrogen and oxygen atoms in total. The van der Waals surface area contributed by atoms with Crippen molar-refractivity contribution in [2.24, 2.45) is 0 Å². The number of hydrogen-bond acceptors (Lipinski definition) is 3. The van der Waals surface area contributed by atoms with Crippen LogP contribution in [0.3, 0.4) is 0 Å².